The van der Waals surface area contributed by atoms with Crippen molar-refractivity contribution in [3.05, 3.63) is 46.0 Å². The van der Waals surface area contributed by atoms with Crippen molar-refractivity contribution in [2.24, 2.45) is 0 Å². The number of hydrogen-bond acceptors (Lipinski definition) is 5. The Morgan fingerprint density at radius 3 is 2.40 bits per heavy atom. The monoisotopic (exact) mass is 346 g/mol. The van der Waals surface area contributed by atoms with Crippen LogP contribution in [0.25, 0.3) is 6.08 Å². The van der Waals surface area contributed by atoms with Crippen molar-refractivity contribution >= 4 is 23.6 Å². The molecule has 8 nitrogen and oxygen atoms in total. The van der Waals surface area contributed by atoms with Crippen LogP contribution in [0.3, 0.4) is 0 Å². The van der Waals surface area contributed by atoms with Gasteiger partial charge in [0.15, 0.2) is 0 Å². The predicted molar refractivity (Wildman–Crippen MR) is 93.8 cm³/mol. The van der Waals surface area contributed by atoms with Gasteiger partial charge in [0.1, 0.15) is 0 Å². The zero-order chi connectivity index (χ0) is 18.2. The van der Waals surface area contributed by atoms with Gasteiger partial charge in [0.2, 0.25) is 11.8 Å². The molecule has 1 heterocycles. The molecule has 1 saturated heterocycles. The molecule has 0 bridgehead atoms. The summed E-state index contributed by atoms with van der Waals surface area (Å²) in [6.07, 6.45) is 3.03. The van der Waals surface area contributed by atoms with E-state index in [4.69, 9.17) is 0 Å². The van der Waals surface area contributed by atoms with Gasteiger partial charge in [-0.1, -0.05) is 0 Å². The van der Waals surface area contributed by atoms with Crippen LogP contribution in [0.15, 0.2) is 30.3 Å². The summed E-state index contributed by atoms with van der Waals surface area (Å²) in [4.78, 5) is 37.2. The first kappa shape index (κ1) is 18.6. The van der Waals surface area contributed by atoms with Gasteiger partial charge in [0, 0.05) is 64.4 Å². The van der Waals surface area contributed by atoms with Crippen molar-refractivity contribution in [3.63, 3.8) is 0 Å². The van der Waals surface area contributed by atoms with Crippen LogP contribution < -0.4 is 5.32 Å². The minimum Gasteiger partial charge on any atom is -0.351 e. The lowest BCUT2D eigenvalue weighted by atomic mass is 10.2. The lowest BCUT2D eigenvalue weighted by Gasteiger charge is -2.34. The van der Waals surface area contributed by atoms with E-state index < -0.39 is 4.92 Å². The van der Waals surface area contributed by atoms with Gasteiger partial charge < -0.3 is 10.2 Å². The molecule has 0 saturated carbocycles. The standard InChI is InChI=1S/C17H22N4O4/c1-14(22)20-12-10-19(11-13-20)9-8-18-17(23)7-4-15-2-5-16(6-3-15)21(24)25/h2-7H,8-13H2,1H3,(H,18,23)/b7-4+. The van der Waals surface area contributed by atoms with Crippen molar-refractivity contribution in [2.75, 3.05) is 39.3 Å². The quantitative estimate of drug-likeness (QED) is 0.469. The molecule has 134 valence electrons. The second-order valence-corrected chi connectivity index (χ2v) is 5.82. The van der Waals surface area contributed by atoms with Crippen LogP contribution >= 0.6 is 0 Å². The molecule has 8 heteroatoms. The average Bonchev–Trinajstić information content (AvgIpc) is 2.60. The van der Waals surface area contributed by atoms with E-state index in [1.165, 1.54) is 18.2 Å². The average molecular weight is 346 g/mol. The Balaban J connectivity index is 1.68. The van der Waals surface area contributed by atoms with Gasteiger partial charge in [-0.05, 0) is 23.8 Å². The number of carbonyl (C=O) groups excluding carboxylic acids is 2. The summed E-state index contributed by atoms with van der Waals surface area (Å²) in [7, 11) is 0. The van der Waals surface area contributed by atoms with E-state index in [2.05, 4.69) is 10.2 Å². The molecular formula is C17H22N4O4. The third kappa shape index (κ3) is 6.00. The summed E-state index contributed by atoms with van der Waals surface area (Å²) in [6, 6.07) is 5.99. The van der Waals surface area contributed by atoms with Gasteiger partial charge >= 0.3 is 0 Å². The maximum Gasteiger partial charge on any atom is 0.269 e. The fraction of sp³-hybridized carbons (Fsp3) is 0.412. The summed E-state index contributed by atoms with van der Waals surface area (Å²) in [6.45, 7) is 5.92. The Bertz CT molecular complexity index is 649. The molecule has 25 heavy (non-hydrogen) atoms. The number of rotatable bonds is 6. The topological polar surface area (TPSA) is 95.8 Å². The second kappa shape index (κ2) is 8.93. The van der Waals surface area contributed by atoms with Crippen molar-refractivity contribution < 1.29 is 14.5 Å². The Kier molecular flexibility index (Phi) is 6.64. The van der Waals surface area contributed by atoms with E-state index in [0.29, 0.717) is 6.54 Å². The number of piperazine rings is 1. The fourth-order valence-electron chi connectivity index (χ4n) is 2.56. The van der Waals surface area contributed by atoms with E-state index >= 15 is 0 Å². The maximum atomic E-state index is 11.8. The molecule has 0 aliphatic carbocycles. The van der Waals surface area contributed by atoms with E-state index in [-0.39, 0.29) is 17.5 Å². The van der Waals surface area contributed by atoms with Gasteiger partial charge in [-0.25, -0.2) is 0 Å². The minimum absolute atomic E-state index is 0.0199. The molecule has 1 aliphatic heterocycles. The number of nitrogens with zero attached hydrogens (tertiary/aromatic N) is 3. The van der Waals surface area contributed by atoms with Crippen LogP contribution in [-0.4, -0.2) is 65.8 Å². The van der Waals surface area contributed by atoms with Crippen molar-refractivity contribution in [2.45, 2.75) is 6.92 Å². The number of hydrogen-bond donors (Lipinski definition) is 1. The number of amides is 2. The second-order valence-electron chi connectivity index (χ2n) is 5.82. The summed E-state index contributed by atoms with van der Waals surface area (Å²) in [5, 5.41) is 13.4. The molecule has 1 fully saturated rings. The number of non-ortho nitro benzene ring substituents is 1. The van der Waals surface area contributed by atoms with Crippen molar-refractivity contribution in [1.82, 2.24) is 15.1 Å². The van der Waals surface area contributed by atoms with Gasteiger partial charge in [-0.15, -0.1) is 0 Å². The number of benzene rings is 1. The largest absolute Gasteiger partial charge is 0.351 e. The lowest BCUT2D eigenvalue weighted by Crippen LogP contribution is -2.49. The molecule has 0 radical (unpaired) electrons. The molecule has 1 aliphatic rings. The molecule has 0 atom stereocenters. The first-order chi connectivity index (χ1) is 12.0. The zero-order valence-corrected chi connectivity index (χ0v) is 14.2. The number of nitro benzene ring substituents is 1. The fourth-order valence-corrected chi connectivity index (χ4v) is 2.56. The lowest BCUT2D eigenvalue weighted by molar-refractivity contribution is -0.384. The summed E-state index contributed by atoms with van der Waals surface area (Å²) < 4.78 is 0. The maximum absolute atomic E-state index is 11.8. The van der Waals surface area contributed by atoms with E-state index in [1.807, 2.05) is 4.90 Å². The summed E-state index contributed by atoms with van der Waals surface area (Å²) in [5.41, 5.74) is 0.743. The zero-order valence-electron chi connectivity index (χ0n) is 14.2. The predicted octanol–water partition coefficient (Wildman–Crippen LogP) is 0.888. The molecule has 1 aromatic rings. The third-order valence-electron chi connectivity index (χ3n) is 4.08. The van der Waals surface area contributed by atoms with Crippen LogP contribution in [0.2, 0.25) is 0 Å². The molecule has 2 rings (SSSR count). The number of carbonyl (C=O) groups is 2. The van der Waals surface area contributed by atoms with Crippen molar-refractivity contribution in [1.29, 1.82) is 0 Å². The summed E-state index contributed by atoms with van der Waals surface area (Å²) in [5.74, 6) is -0.106. The Labute approximate surface area is 146 Å². The first-order valence-electron chi connectivity index (χ1n) is 8.14. The molecule has 1 aromatic carbocycles. The highest BCUT2D eigenvalue weighted by molar-refractivity contribution is 5.91. The SMILES string of the molecule is CC(=O)N1CCN(CCNC(=O)/C=C/c2ccc([N+](=O)[O-])cc2)CC1. The van der Waals surface area contributed by atoms with Gasteiger partial charge in [0.05, 0.1) is 4.92 Å². The smallest absolute Gasteiger partial charge is 0.269 e. The van der Waals surface area contributed by atoms with Gasteiger partial charge in [0.25, 0.3) is 5.69 Å². The molecule has 0 unspecified atom stereocenters. The summed E-state index contributed by atoms with van der Waals surface area (Å²) >= 11 is 0. The van der Waals surface area contributed by atoms with Crippen LogP contribution in [0.5, 0.6) is 0 Å². The van der Waals surface area contributed by atoms with E-state index in [0.717, 1.165) is 38.3 Å². The minimum atomic E-state index is -0.462. The van der Waals surface area contributed by atoms with Gasteiger partial charge in [-0.3, -0.25) is 24.6 Å². The number of nitro groups is 1. The van der Waals surface area contributed by atoms with Crippen LogP contribution in [0.4, 0.5) is 5.69 Å². The number of nitrogens with one attached hydrogen (secondary N) is 1. The van der Waals surface area contributed by atoms with Crippen molar-refractivity contribution in [3.8, 4) is 0 Å². The highest BCUT2D eigenvalue weighted by atomic mass is 16.6. The Morgan fingerprint density at radius 2 is 1.84 bits per heavy atom. The van der Waals surface area contributed by atoms with Gasteiger partial charge in [-0.2, -0.15) is 0 Å². The first-order valence-corrected chi connectivity index (χ1v) is 8.14. The highest BCUT2D eigenvalue weighted by Gasteiger charge is 2.17. The molecule has 2 amide bonds. The highest BCUT2D eigenvalue weighted by Crippen LogP contribution is 2.12. The van der Waals surface area contributed by atoms with Crippen LogP contribution in [0.1, 0.15) is 12.5 Å². The molecular weight excluding hydrogens is 324 g/mol. The third-order valence-corrected chi connectivity index (χ3v) is 4.08. The Morgan fingerprint density at radius 1 is 1.20 bits per heavy atom. The van der Waals surface area contributed by atoms with Crippen LogP contribution in [-0.2, 0) is 9.59 Å². The molecule has 0 spiro atoms. The Hall–Kier alpha value is -2.74. The van der Waals surface area contributed by atoms with E-state index in [9.17, 15) is 19.7 Å². The normalized spacial score (nSPS) is 15.3. The van der Waals surface area contributed by atoms with Crippen LogP contribution in [0, 0.1) is 10.1 Å². The van der Waals surface area contributed by atoms with E-state index in [1.54, 1.807) is 25.1 Å². The molecule has 1 N–H and O–H groups in total. The molecule has 0 aromatic heterocycles.